The van der Waals surface area contributed by atoms with E-state index in [0.29, 0.717) is 37.5 Å². The molecule has 3 heterocycles. The number of halogens is 3. The fourth-order valence-electron chi connectivity index (χ4n) is 7.87. The average Bonchev–Trinajstić information content (AvgIpc) is 4.03. The first-order valence-electron chi connectivity index (χ1n) is 23.2. The molecule has 0 spiro atoms. The van der Waals surface area contributed by atoms with E-state index >= 15 is 0 Å². The van der Waals surface area contributed by atoms with Crippen molar-refractivity contribution in [1.82, 2.24) is 25.4 Å². The number of rotatable bonds is 22. The molecule has 1 unspecified atom stereocenters. The maximum absolute atomic E-state index is 14.0. The van der Waals surface area contributed by atoms with E-state index in [1.54, 1.807) is 16.8 Å². The molecule has 384 valence electrons. The number of β-amino-alcohol motifs (C(OH)–C–C–N with tert-alkyl or cyclic N) is 1. The lowest BCUT2D eigenvalue weighted by Crippen LogP contribution is -2.57. The van der Waals surface area contributed by atoms with Crippen LogP contribution in [-0.4, -0.2) is 114 Å². The lowest BCUT2D eigenvalue weighted by Gasteiger charge is -2.35. The normalized spacial score (nSPS) is 17.0. The summed E-state index contributed by atoms with van der Waals surface area (Å²) in [5.74, 6) is -2.20. The minimum absolute atomic E-state index is 0.0247. The Hall–Kier alpha value is -6.31. The molecule has 0 bridgehead atoms. The highest BCUT2D eigenvalue weighted by atomic mass is 32.2. The van der Waals surface area contributed by atoms with Crippen LogP contribution in [0.2, 0.25) is 0 Å². The number of thioether (sulfide) groups is 1. The molecule has 3 aromatic carbocycles. The maximum Gasteiger partial charge on any atom is 0.418 e. The molecule has 0 saturated carbocycles. The van der Waals surface area contributed by atoms with Crippen LogP contribution < -0.4 is 20.1 Å². The van der Waals surface area contributed by atoms with E-state index in [1.165, 1.54) is 42.4 Å². The largest absolute Gasteiger partial charge is 0.493 e. The Morgan fingerprint density at radius 3 is 2.35 bits per heavy atom. The van der Waals surface area contributed by atoms with Crippen LogP contribution in [0.15, 0.2) is 71.1 Å². The molecule has 0 radical (unpaired) electrons. The SMILES string of the molecule is [C-]#[N+]c1ccc(Oc2ccc(/C=C3\SC(=O)N(CCCCCOCCOCCC(=O)N[C@H](C(=O)N4CC(O)C[C@H]4C(=O)NCc4ccc(-c5scnc5C)cc4)C(C)(C)C)C3=O)cc2OC)c(C(F)(F)F)c1. The van der Waals surface area contributed by atoms with Crippen molar-refractivity contribution in [3.63, 3.8) is 0 Å². The summed E-state index contributed by atoms with van der Waals surface area (Å²) in [4.78, 5) is 77.4. The third kappa shape index (κ3) is 14.7. The number of benzene rings is 3. The van der Waals surface area contributed by atoms with Gasteiger partial charge < -0.3 is 39.6 Å². The molecule has 0 aliphatic carbocycles. The van der Waals surface area contributed by atoms with Crippen LogP contribution >= 0.6 is 23.1 Å². The van der Waals surface area contributed by atoms with Gasteiger partial charge in [0, 0.05) is 39.1 Å². The van der Waals surface area contributed by atoms with E-state index in [0.717, 1.165) is 44.4 Å². The van der Waals surface area contributed by atoms with Gasteiger partial charge in [0.1, 0.15) is 17.8 Å². The topological polar surface area (TPSA) is 190 Å². The molecule has 2 aliphatic heterocycles. The average molecular weight is 1040 g/mol. The van der Waals surface area contributed by atoms with Crippen LogP contribution in [0.3, 0.4) is 0 Å². The van der Waals surface area contributed by atoms with Crippen LogP contribution in [0.1, 0.15) is 75.3 Å². The minimum Gasteiger partial charge on any atom is -0.493 e. The molecular weight excluding hydrogens is 978 g/mol. The Balaban J connectivity index is 0.864. The van der Waals surface area contributed by atoms with Crippen LogP contribution in [0.5, 0.6) is 17.2 Å². The van der Waals surface area contributed by atoms with E-state index in [2.05, 4.69) is 20.5 Å². The van der Waals surface area contributed by atoms with Gasteiger partial charge in [0.2, 0.25) is 17.7 Å². The number of nitrogens with zero attached hydrogens (tertiary/aromatic N) is 4. The number of alkyl halides is 3. The van der Waals surface area contributed by atoms with E-state index in [-0.39, 0.29) is 74.4 Å². The molecule has 3 atom stereocenters. The van der Waals surface area contributed by atoms with Gasteiger partial charge in [-0.2, -0.15) is 13.2 Å². The zero-order valence-electron chi connectivity index (χ0n) is 40.5. The number of aryl methyl sites for hydroxylation is 1. The van der Waals surface area contributed by atoms with Crippen molar-refractivity contribution >= 4 is 63.7 Å². The second-order valence-corrected chi connectivity index (χ2v) is 20.0. The first kappa shape index (κ1) is 55.0. The second kappa shape index (κ2) is 24.9. The number of aliphatic hydroxyl groups is 1. The van der Waals surface area contributed by atoms with E-state index < -0.39 is 70.0 Å². The van der Waals surface area contributed by atoms with Crippen LogP contribution in [-0.2, 0) is 41.4 Å². The highest BCUT2D eigenvalue weighted by Crippen LogP contribution is 2.43. The van der Waals surface area contributed by atoms with Gasteiger partial charge in [-0.15, -0.1) is 11.3 Å². The number of amides is 5. The van der Waals surface area contributed by atoms with Gasteiger partial charge in [0.15, 0.2) is 17.2 Å². The van der Waals surface area contributed by atoms with E-state index in [1.807, 2.05) is 52.0 Å². The standard InChI is InChI=1S/C51H57F3N6O10S2/c1-31-44(71-30-57-31)34-13-10-32(11-14-34)28-56-46(63)38-27-36(61)29-60(38)48(65)45(50(2,3)4)58-43(62)18-21-69-23-22-68-20-9-7-8-19-59-47(64)42(72-49(59)66)25-33-12-16-40(41(24-33)67-6)70-39-17-15-35(55-5)26-37(39)51(52,53)54/h10-17,24-26,30,36,38,45,61H,7-9,18-23,27-29H2,1-4,6H3,(H,56,63)(H,58,62)/b42-25-/t36?,38-,45+/m0/s1. The van der Waals surface area contributed by atoms with E-state index in [9.17, 15) is 42.3 Å². The lowest BCUT2D eigenvalue weighted by atomic mass is 9.85. The first-order valence-corrected chi connectivity index (χ1v) is 24.9. The van der Waals surface area contributed by atoms with Gasteiger partial charge in [-0.05, 0) is 90.4 Å². The smallest absolute Gasteiger partial charge is 0.418 e. The summed E-state index contributed by atoms with van der Waals surface area (Å²) in [6.07, 6.45) is -2.29. The Bertz CT molecular complexity index is 2670. The second-order valence-electron chi connectivity index (χ2n) is 18.1. The molecule has 4 aromatic rings. The summed E-state index contributed by atoms with van der Waals surface area (Å²) >= 11 is 2.33. The number of aliphatic hydroxyl groups excluding tert-OH is 1. The number of hydrogen-bond donors (Lipinski definition) is 3. The number of aromatic nitrogens is 1. The summed E-state index contributed by atoms with van der Waals surface area (Å²) in [7, 11) is 1.31. The maximum atomic E-state index is 14.0. The third-order valence-electron chi connectivity index (χ3n) is 11.7. The predicted octanol–water partition coefficient (Wildman–Crippen LogP) is 8.93. The Morgan fingerprint density at radius 1 is 0.958 bits per heavy atom. The summed E-state index contributed by atoms with van der Waals surface area (Å²) in [6.45, 7) is 15.8. The van der Waals surface area contributed by atoms with Crippen LogP contribution in [0.4, 0.5) is 23.7 Å². The van der Waals surface area contributed by atoms with Gasteiger partial charge in [0.05, 0.1) is 66.2 Å². The van der Waals surface area contributed by atoms with Crippen molar-refractivity contribution in [1.29, 1.82) is 0 Å². The molecule has 72 heavy (non-hydrogen) atoms. The number of carbonyl (C=O) groups is 5. The minimum atomic E-state index is -4.78. The molecule has 3 N–H and O–H groups in total. The van der Waals surface area contributed by atoms with Crippen LogP contribution in [0.25, 0.3) is 21.4 Å². The quantitative estimate of drug-likeness (QED) is 0.0386. The van der Waals surface area contributed by atoms with Crippen molar-refractivity contribution < 1.29 is 61.2 Å². The van der Waals surface area contributed by atoms with E-state index in [4.69, 9.17) is 25.5 Å². The molecule has 2 aliphatic rings. The Kier molecular flexibility index (Phi) is 19.0. The molecule has 5 amide bonds. The highest BCUT2D eigenvalue weighted by Gasteiger charge is 2.44. The molecule has 6 rings (SSSR count). The lowest BCUT2D eigenvalue weighted by molar-refractivity contribution is -0.144. The summed E-state index contributed by atoms with van der Waals surface area (Å²) in [6, 6.07) is 13.3. The van der Waals surface area contributed by atoms with Gasteiger partial charge >= 0.3 is 6.18 Å². The Morgan fingerprint density at radius 2 is 1.68 bits per heavy atom. The summed E-state index contributed by atoms with van der Waals surface area (Å²) in [5, 5.41) is 15.9. The summed E-state index contributed by atoms with van der Waals surface area (Å²) < 4.78 is 63.3. The number of hydrogen-bond acceptors (Lipinski definition) is 13. The fraction of sp³-hybridized carbons (Fsp3) is 0.431. The number of carbonyl (C=O) groups excluding carboxylic acids is 5. The number of unbranched alkanes of at least 4 members (excludes halogenated alkanes) is 2. The molecule has 21 heteroatoms. The number of methoxy groups -OCH3 is 1. The van der Waals surface area contributed by atoms with Crippen molar-refractivity contribution in [3.8, 4) is 27.7 Å². The number of ether oxygens (including phenoxy) is 4. The van der Waals surface area contributed by atoms with Crippen molar-refractivity contribution in [2.75, 3.05) is 46.6 Å². The molecule has 2 saturated heterocycles. The van der Waals surface area contributed by atoms with Gasteiger partial charge in [-0.1, -0.05) is 57.2 Å². The number of thiazole rings is 1. The van der Waals surface area contributed by atoms with Crippen molar-refractivity contribution in [2.45, 2.75) is 90.7 Å². The Labute approximate surface area is 424 Å². The molecular formula is C51H57F3N6O10S2. The zero-order chi connectivity index (χ0) is 52.2. The zero-order valence-corrected chi connectivity index (χ0v) is 42.1. The molecule has 16 nitrogen and oxygen atoms in total. The summed E-state index contributed by atoms with van der Waals surface area (Å²) in [5.41, 5.74) is 3.06. The van der Waals surface area contributed by atoms with Crippen LogP contribution in [0, 0.1) is 18.9 Å². The fourth-order valence-corrected chi connectivity index (χ4v) is 9.55. The third-order valence-corrected chi connectivity index (χ3v) is 13.6. The van der Waals surface area contributed by atoms with Gasteiger partial charge in [-0.3, -0.25) is 28.9 Å². The van der Waals surface area contributed by atoms with Crippen molar-refractivity contribution in [2.24, 2.45) is 5.41 Å². The van der Waals surface area contributed by atoms with Crippen molar-refractivity contribution in [3.05, 3.63) is 105 Å². The van der Waals surface area contributed by atoms with Gasteiger partial charge in [0.25, 0.3) is 11.1 Å². The predicted molar refractivity (Wildman–Crippen MR) is 265 cm³/mol. The molecule has 2 fully saturated rings. The first-order chi connectivity index (χ1) is 34.3. The highest BCUT2D eigenvalue weighted by molar-refractivity contribution is 8.18. The number of nitrogens with one attached hydrogen (secondary N) is 2. The molecule has 1 aromatic heterocycles. The monoisotopic (exact) mass is 1030 g/mol. The van der Waals surface area contributed by atoms with Gasteiger partial charge in [-0.25, -0.2) is 9.83 Å². The number of likely N-dealkylation sites (tertiary alicyclic amines) is 1. The number of imide groups is 1.